The molecule has 0 aromatic heterocycles. The van der Waals surface area contributed by atoms with Crippen molar-refractivity contribution in [3.63, 3.8) is 0 Å². The summed E-state index contributed by atoms with van der Waals surface area (Å²) < 4.78 is 48.3. The van der Waals surface area contributed by atoms with Crippen LogP contribution in [0.2, 0.25) is 0 Å². The number of guanidine groups is 1. The summed E-state index contributed by atoms with van der Waals surface area (Å²) in [7, 11) is -5.67. The van der Waals surface area contributed by atoms with Crippen molar-refractivity contribution in [1.82, 2.24) is 4.72 Å². The minimum atomic E-state index is -4.05. The fourth-order valence-corrected chi connectivity index (χ4v) is 3.60. The maximum atomic E-state index is 12.5. The van der Waals surface area contributed by atoms with E-state index in [0.29, 0.717) is 11.4 Å². The zero-order chi connectivity index (χ0) is 20.0. The standard InChI is InChI=1S/C15H17N4O6PS/c1-24-12-6-8-13(9-7-12)27(22,23)19-14(25-26(20)21)10-2-4-11(5-3-10)18-15(16)17/h2-9,14,19H,1H3,(H4-,16,17,18,20,21)/p+1. The summed E-state index contributed by atoms with van der Waals surface area (Å²) in [6.45, 7) is 0. The van der Waals surface area contributed by atoms with Gasteiger partial charge in [0.15, 0.2) is 5.96 Å². The Balaban J connectivity index is 2.30. The van der Waals surface area contributed by atoms with Crippen LogP contribution in [0.25, 0.3) is 0 Å². The van der Waals surface area contributed by atoms with Crippen LogP contribution in [-0.2, 0) is 19.1 Å². The Labute approximate surface area is 156 Å². The highest BCUT2D eigenvalue weighted by atomic mass is 32.2. The van der Waals surface area contributed by atoms with E-state index in [-0.39, 0.29) is 16.4 Å². The number of nitrogens with two attached hydrogens (primary N) is 2. The lowest BCUT2D eigenvalue weighted by molar-refractivity contribution is 0.181. The number of ether oxygens (including phenoxy) is 1. The van der Waals surface area contributed by atoms with Gasteiger partial charge in [-0.25, -0.2) is 13.4 Å². The van der Waals surface area contributed by atoms with Crippen molar-refractivity contribution in [2.24, 2.45) is 16.5 Å². The molecule has 0 aliphatic heterocycles. The highest BCUT2D eigenvalue weighted by Gasteiger charge is 2.30. The van der Waals surface area contributed by atoms with Gasteiger partial charge in [0.2, 0.25) is 16.3 Å². The van der Waals surface area contributed by atoms with Crippen molar-refractivity contribution in [3.8, 4) is 5.75 Å². The molecule has 0 bridgehead atoms. The van der Waals surface area contributed by atoms with Crippen LogP contribution in [0.1, 0.15) is 11.8 Å². The number of sulfonamides is 1. The Morgan fingerprint density at radius 2 is 1.74 bits per heavy atom. The molecule has 0 amide bonds. The molecule has 0 saturated carbocycles. The second kappa shape index (κ2) is 8.89. The number of benzene rings is 2. The summed E-state index contributed by atoms with van der Waals surface area (Å²) in [5.74, 6) is 0.338. The molecule has 0 saturated heterocycles. The number of aliphatic imine (C=N–C) groups is 1. The molecule has 0 aliphatic carbocycles. The van der Waals surface area contributed by atoms with E-state index < -0.39 is 24.5 Å². The van der Waals surface area contributed by atoms with E-state index in [2.05, 4.69) is 9.71 Å². The third-order valence-corrected chi connectivity index (χ3v) is 5.09. The SMILES string of the molecule is COc1ccc(S(=O)(=O)NC(O[P+](=O)O)c2ccc(N=C(N)N)cc2)cc1. The summed E-state index contributed by atoms with van der Waals surface area (Å²) >= 11 is 0. The summed E-state index contributed by atoms with van der Waals surface area (Å²) in [5.41, 5.74) is 11.3. The molecule has 6 N–H and O–H groups in total. The first-order valence-corrected chi connectivity index (χ1v) is 10.0. The zero-order valence-corrected chi connectivity index (χ0v) is 15.9. The number of methoxy groups -OCH3 is 1. The summed E-state index contributed by atoms with van der Waals surface area (Å²) in [4.78, 5) is 12.8. The highest BCUT2D eigenvalue weighted by molar-refractivity contribution is 7.89. The second-order valence-electron chi connectivity index (χ2n) is 5.15. The molecule has 0 heterocycles. The molecule has 2 aromatic rings. The van der Waals surface area contributed by atoms with Gasteiger partial charge in [-0.3, -0.25) is 0 Å². The molecule has 2 atom stereocenters. The topological polar surface area (TPSA) is 166 Å². The van der Waals surface area contributed by atoms with Gasteiger partial charge in [-0.05, 0) is 36.4 Å². The van der Waals surface area contributed by atoms with Crippen molar-refractivity contribution < 1.29 is 27.1 Å². The molecule has 2 rings (SSSR count). The van der Waals surface area contributed by atoms with Crippen LogP contribution in [0.4, 0.5) is 5.69 Å². The van der Waals surface area contributed by atoms with Crippen molar-refractivity contribution >= 4 is 29.9 Å². The lowest BCUT2D eigenvalue weighted by atomic mass is 10.2. The van der Waals surface area contributed by atoms with Crippen molar-refractivity contribution in [3.05, 3.63) is 54.1 Å². The number of nitrogens with one attached hydrogen (secondary N) is 1. The predicted octanol–water partition coefficient (Wildman–Crippen LogP) is 1.24. The lowest BCUT2D eigenvalue weighted by Crippen LogP contribution is -2.29. The molecule has 0 fully saturated rings. The first-order valence-electron chi connectivity index (χ1n) is 7.40. The second-order valence-corrected chi connectivity index (χ2v) is 7.55. The quantitative estimate of drug-likeness (QED) is 0.217. The van der Waals surface area contributed by atoms with Gasteiger partial charge in [-0.15, -0.1) is 4.89 Å². The zero-order valence-electron chi connectivity index (χ0n) is 14.1. The maximum Gasteiger partial charge on any atom is 0.696 e. The average molecular weight is 413 g/mol. The molecule has 0 spiro atoms. The first kappa shape index (κ1) is 20.7. The summed E-state index contributed by atoms with van der Waals surface area (Å²) in [6.07, 6.45) is -1.40. The van der Waals surface area contributed by atoms with Crippen LogP contribution in [-0.4, -0.2) is 26.4 Å². The molecule has 0 aliphatic rings. The van der Waals surface area contributed by atoms with Crippen molar-refractivity contribution in [2.45, 2.75) is 11.1 Å². The van der Waals surface area contributed by atoms with Crippen LogP contribution in [0.5, 0.6) is 5.75 Å². The average Bonchev–Trinajstić information content (AvgIpc) is 2.61. The van der Waals surface area contributed by atoms with E-state index in [4.69, 9.17) is 25.6 Å². The van der Waals surface area contributed by atoms with Crippen LogP contribution < -0.4 is 20.9 Å². The van der Waals surface area contributed by atoms with E-state index in [1.807, 2.05) is 0 Å². The minimum absolute atomic E-state index is 0.0674. The normalized spacial score (nSPS) is 12.9. The Bertz CT molecular complexity index is 928. The van der Waals surface area contributed by atoms with E-state index in [0.717, 1.165) is 0 Å². The number of rotatable bonds is 8. The summed E-state index contributed by atoms with van der Waals surface area (Å²) in [6, 6.07) is 11.5. The third kappa shape index (κ3) is 5.98. The summed E-state index contributed by atoms with van der Waals surface area (Å²) in [5, 5.41) is 0. The van der Waals surface area contributed by atoms with E-state index in [1.165, 1.54) is 55.6 Å². The van der Waals surface area contributed by atoms with Gasteiger partial charge < -0.3 is 16.2 Å². The van der Waals surface area contributed by atoms with Crippen LogP contribution in [0.15, 0.2) is 58.4 Å². The van der Waals surface area contributed by atoms with Gasteiger partial charge >= 0.3 is 8.25 Å². The molecular formula is C15H18N4O6PS+. The Hall–Kier alpha value is -2.56. The Morgan fingerprint density at radius 1 is 1.15 bits per heavy atom. The fraction of sp³-hybridized carbons (Fsp3) is 0.133. The van der Waals surface area contributed by atoms with E-state index in [9.17, 15) is 13.0 Å². The van der Waals surface area contributed by atoms with Gasteiger partial charge in [0.1, 0.15) is 5.75 Å². The first-order chi connectivity index (χ1) is 12.7. The molecule has 27 heavy (non-hydrogen) atoms. The van der Waals surface area contributed by atoms with Crippen molar-refractivity contribution in [2.75, 3.05) is 7.11 Å². The molecule has 2 aromatic carbocycles. The third-order valence-electron chi connectivity index (χ3n) is 3.28. The van der Waals surface area contributed by atoms with E-state index in [1.54, 1.807) is 0 Å². The van der Waals surface area contributed by atoms with Gasteiger partial charge in [-0.1, -0.05) is 16.7 Å². The monoisotopic (exact) mass is 413 g/mol. The number of hydrogen-bond acceptors (Lipinski definition) is 6. The Morgan fingerprint density at radius 3 is 2.22 bits per heavy atom. The molecule has 12 heteroatoms. The van der Waals surface area contributed by atoms with Crippen LogP contribution in [0, 0.1) is 0 Å². The van der Waals surface area contributed by atoms with Gasteiger partial charge in [0.25, 0.3) is 0 Å². The van der Waals surface area contributed by atoms with Crippen LogP contribution in [0.3, 0.4) is 0 Å². The highest BCUT2D eigenvalue weighted by Crippen LogP contribution is 2.29. The molecule has 10 nitrogen and oxygen atoms in total. The molecule has 144 valence electrons. The molecule has 0 radical (unpaired) electrons. The number of nitrogens with zero attached hydrogens (tertiary/aromatic N) is 1. The lowest BCUT2D eigenvalue weighted by Gasteiger charge is -2.14. The Kier molecular flexibility index (Phi) is 6.83. The largest absolute Gasteiger partial charge is 0.696 e. The molecular weight excluding hydrogens is 395 g/mol. The van der Waals surface area contributed by atoms with Crippen LogP contribution >= 0.6 is 8.25 Å². The molecule has 2 unspecified atom stereocenters. The smallest absolute Gasteiger partial charge is 0.497 e. The van der Waals surface area contributed by atoms with E-state index >= 15 is 0 Å². The maximum absolute atomic E-state index is 12.5. The van der Waals surface area contributed by atoms with Crippen molar-refractivity contribution in [1.29, 1.82) is 0 Å². The fourth-order valence-electron chi connectivity index (χ4n) is 2.08. The minimum Gasteiger partial charge on any atom is -0.497 e. The number of hydrogen-bond donors (Lipinski definition) is 4. The predicted molar refractivity (Wildman–Crippen MR) is 98.9 cm³/mol. The van der Waals surface area contributed by atoms with Gasteiger partial charge in [-0.2, -0.15) is 4.72 Å². The van der Waals surface area contributed by atoms with Gasteiger partial charge in [0, 0.05) is 10.1 Å². The van der Waals surface area contributed by atoms with Gasteiger partial charge in [0.05, 0.1) is 17.7 Å².